The number of nitrogens with one attached hydrogen (secondary N) is 1. The van der Waals surface area contributed by atoms with E-state index in [0.29, 0.717) is 18.0 Å². The van der Waals surface area contributed by atoms with Crippen molar-refractivity contribution in [1.29, 1.82) is 0 Å². The van der Waals surface area contributed by atoms with Crippen molar-refractivity contribution in [2.75, 3.05) is 6.54 Å². The molecule has 6 nitrogen and oxygen atoms in total. The van der Waals surface area contributed by atoms with Gasteiger partial charge in [-0.05, 0) is 30.4 Å². The Morgan fingerprint density at radius 2 is 2.26 bits per heavy atom. The summed E-state index contributed by atoms with van der Waals surface area (Å²) in [5.41, 5.74) is -0.120. The zero-order valence-corrected chi connectivity index (χ0v) is 10.6. The second-order valence-corrected chi connectivity index (χ2v) is 4.98. The van der Waals surface area contributed by atoms with E-state index in [4.69, 9.17) is 5.11 Å². The number of carboxylic acid groups (broad SMARTS) is 1. The first kappa shape index (κ1) is 13.5. The summed E-state index contributed by atoms with van der Waals surface area (Å²) in [7, 11) is 0. The molecule has 6 heteroatoms. The van der Waals surface area contributed by atoms with Gasteiger partial charge in [0.1, 0.15) is 5.56 Å². The van der Waals surface area contributed by atoms with Crippen LogP contribution in [0.15, 0.2) is 18.2 Å². The number of carboxylic acids is 1. The topological polar surface area (TPSA) is 92.5 Å². The Morgan fingerprint density at radius 1 is 1.58 bits per heavy atom. The van der Waals surface area contributed by atoms with Gasteiger partial charge in [-0.1, -0.05) is 19.1 Å². The van der Waals surface area contributed by atoms with E-state index in [1.807, 2.05) is 0 Å². The molecule has 1 aromatic carbocycles. The molecule has 2 unspecified atom stereocenters. The van der Waals surface area contributed by atoms with Crippen LogP contribution in [0.1, 0.15) is 29.3 Å². The van der Waals surface area contributed by atoms with Gasteiger partial charge in [-0.3, -0.25) is 10.1 Å². The van der Waals surface area contributed by atoms with Crippen LogP contribution in [0.2, 0.25) is 0 Å². The lowest BCUT2D eigenvalue weighted by Gasteiger charge is -2.08. The van der Waals surface area contributed by atoms with Gasteiger partial charge in [0.25, 0.3) is 5.69 Å². The maximum Gasteiger partial charge on any atom is 0.343 e. The van der Waals surface area contributed by atoms with Crippen molar-refractivity contribution in [1.82, 2.24) is 5.32 Å². The van der Waals surface area contributed by atoms with Gasteiger partial charge in [-0.15, -0.1) is 0 Å². The van der Waals surface area contributed by atoms with Crippen LogP contribution in [0.4, 0.5) is 5.69 Å². The molecule has 0 amide bonds. The number of carbonyl (C=O) groups is 1. The molecule has 0 saturated heterocycles. The molecule has 0 aromatic heterocycles. The third kappa shape index (κ3) is 3.08. The number of hydrogen-bond acceptors (Lipinski definition) is 4. The van der Waals surface area contributed by atoms with Crippen LogP contribution in [0.5, 0.6) is 0 Å². The van der Waals surface area contributed by atoms with Gasteiger partial charge in [-0.2, -0.15) is 0 Å². The molecular weight excluding hydrogens is 248 g/mol. The maximum absolute atomic E-state index is 11.2. The summed E-state index contributed by atoms with van der Waals surface area (Å²) in [6, 6.07) is 4.34. The molecule has 2 rings (SSSR count). The predicted molar refractivity (Wildman–Crippen MR) is 69.0 cm³/mol. The third-order valence-electron chi connectivity index (χ3n) is 3.54. The highest BCUT2D eigenvalue weighted by Crippen LogP contribution is 2.36. The summed E-state index contributed by atoms with van der Waals surface area (Å²) in [6.45, 7) is 3.33. The fourth-order valence-electron chi connectivity index (χ4n) is 2.21. The third-order valence-corrected chi connectivity index (χ3v) is 3.54. The summed E-state index contributed by atoms with van der Waals surface area (Å²) in [5.74, 6) is 0.104. The van der Waals surface area contributed by atoms with Gasteiger partial charge in [0.15, 0.2) is 0 Å². The number of nitro groups is 1. The molecule has 0 radical (unpaired) electrons. The lowest BCUT2D eigenvalue weighted by Crippen LogP contribution is -2.19. The van der Waals surface area contributed by atoms with Gasteiger partial charge in [0.05, 0.1) is 4.92 Å². The van der Waals surface area contributed by atoms with Crippen LogP contribution in [0.25, 0.3) is 0 Å². The quantitative estimate of drug-likeness (QED) is 0.606. The minimum Gasteiger partial charge on any atom is -0.477 e. The summed E-state index contributed by atoms with van der Waals surface area (Å²) >= 11 is 0. The van der Waals surface area contributed by atoms with E-state index in [-0.39, 0.29) is 11.3 Å². The Balaban J connectivity index is 2.12. The van der Waals surface area contributed by atoms with Crippen LogP contribution in [-0.2, 0) is 6.54 Å². The fraction of sp³-hybridized carbons (Fsp3) is 0.462. The molecule has 0 spiro atoms. The van der Waals surface area contributed by atoms with Crippen molar-refractivity contribution < 1.29 is 14.8 Å². The highest BCUT2D eigenvalue weighted by atomic mass is 16.6. The van der Waals surface area contributed by atoms with Gasteiger partial charge in [0, 0.05) is 12.6 Å². The number of rotatable bonds is 6. The Bertz CT molecular complexity index is 515. The van der Waals surface area contributed by atoms with E-state index in [9.17, 15) is 14.9 Å². The van der Waals surface area contributed by atoms with E-state index >= 15 is 0 Å². The molecule has 0 bridgehead atoms. The van der Waals surface area contributed by atoms with Crippen molar-refractivity contribution in [2.24, 2.45) is 11.8 Å². The Hall–Kier alpha value is -1.95. The number of hydrogen-bond donors (Lipinski definition) is 2. The molecule has 0 aliphatic heterocycles. The van der Waals surface area contributed by atoms with Gasteiger partial charge in [-0.25, -0.2) is 4.79 Å². The van der Waals surface area contributed by atoms with E-state index in [1.54, 1.807) is 6.07 Å². The van der Waals surface area contributed by atoms with Crippen LogP contribution >= 0.6 is 0 Å². The molecular formula is C13H16N2O4. The van der Waals surface area contributed by atoms with Crippen molar-refractivity contribution in [3.63, 3.8) is 0 Å². The van der Waals surface area contributed by atoms with Crippen molar-refractivity contribution in [2.45, 2.75) is 19.9 Å². The Labute approximate surface area is 110 Å². The monoisotopic (exact) mass is 264 g/mol. The largest absolute Gasteiger partial charge is 0.477 e. The van der Waals surface area contributed by atoms with Gasteiger partial charge < -0.3 is 10.4 Å². The first-order chi connectivity index (χ1) is 9.00. The van der Waals surface area contributed by atoms with Crippen LogP contribution in [0.3, 0.4) is 0 Å². The molecule has 2 N–H and O–H groups in total. The normalized spacial score (nSPS) is 21.1. The summed E-state index contributed by atoms with van der Waals surface area (Å²) < 4.78 is 0. The minimum absolute atomic E-state index is 0.219. The molecule has 1 aliphatic carbocycles. The zero-order chi connectivity index (χ0) is 14.0. The summed E-state index contributed by atoms with van der Waals surface area (Å²) in [4.78, 5) is 21.4. The van der Waals surface area contributed by atoms with Gasteiger partial charge >= 0.3 is 5.97 Å². The van der Waals surface area contributed by atoms with E-state index in [0.717, 1.165) is 12.5 Å². The van der Waals surface area contributed by atoms with Crippen LogP contribution in [-0.4, -0.2) is 22.5 Å². The van der Waals surface area contributed by atoms with Crippen LogP contribution < -0.4 is 5.32 Å². The zero-order valence-electron chi connectivity index (χ0n) is 10.6. The van der Waals surface area contributed by atoms with Crippen molar-refractivity contribution >= 4 is 11.7 Å². The molecule has 1 saturated carbocycles. The van der Waals surface area contributed by atoms with E-state index in [1.165, 1.54) is 18.6 Å². The minimum atomic E-state index is -1.26. The maximum atomic E-state index is 11.2. The Morgan fingerprint density at radius 3 is 2.79 bits per heavy atom. The molecule has 1 aromatic rings. The average Bonchev–Trinajstić information content (AvgIpc) is 3.04. The smallest absolute Gasteiger partial charge is 0.343 e. The molecule has 19 heavy (non-hydrogen) atoms. The second kappa shape index (κ2) is 5.36. The first-order valence-electron chi connectivity index (χ1n) is 6.21. The SMILES string of the molecule is CC1CC1CNCc1cccc([N+](=O)[O-])c1C(=O)O. The van der Waals surface area contributed by atoms with Crippen molar-refractivity contribution in [3.8, 4) is 0 Å². The number of nitro benzene ring substituents is 1. The number of benzene rings is 1. The highest BCUT2D eigenvalue weighted by molar-refractivity contribution is 5.94. The number of aromatic carboxylic acids is 1. The van der Waals surface area contributed by atoms with E-state index < -0.39 is 10.9 Å². The average molecular weight is 264 g/mol. The molecule has 2 atom stereocenters. The van der Waals surface area contributed by atoms with Crippen molar-refractivity contribution in [3.05, 3.63) is 39.4 Å². The molecule has 102 valence electrons. The Kier molecular flexibility index (Phi) is 3.80. The lowest BCUT2D eigenvalue weighted by atomic mass is 10.1. The fourth-order valence-corrected chi connectivity index (χ4v) is 2.21. The van der Waals surface area contributed by atoms with E-state index in [2.05, 4.69) is 12.2 Å². The molecule has 1 fully saturated rings. The second-order valence-electron chi connectivity index (χ2n) is 4.98. The summed E-state index contributed by atoms with van der Waals surface area (Å²) in [5, 5.41) is 23.1. The standard InChI is InChI=1S/C13H16N2O4/c1-8-5-10(8)7-14-6-9-3-2-4-11(15(18)19)12(9)13(16)17/h2-4,8,10,14H,5-7H2,1H3,(H,16,17). The number of nitrogens with zero attached hydrogens (tertiary/aromatic N) is 1. The molecule has 0 heterocycles. The lowest BCUT2D eigenvalue weighted by molar-refractivity contribution is -0.385. The summed E-state index contributed by atoms with van der Waals surface area (Å²) in [6.07, 6.45) is 1.19. The predicted octanol–water partition coefficient (Wildman–Crippen LogP) is 2.04. The van der Waals surface area contributed by atoms with Crippen LogP contribution in [0, 0.1) is 22.0 Å². The van der Waals surface area contributed by atoms with Gasteiger partial charge in [0.2, 0.25) is 0 Å². The molecule has 1 aliphatic rings. The first-order valence-corrected chi connectivity index (χ1v) is 6.21. The highest BCUT2D eigenvalue weighted by Gasteiger charge is 2.31.